The number of rotatable bonds is 4. The van der Waals surface area contributed by atoms with Gasteiger partial charge in [-0.1, -0.05) is 17.7 Å². The van der Waals surface area contributed by atoms with E-state index in [1.807, 2.05) is 41.8 Å². The van der Waals surface area contributed by atoms with Crippen LogP contribution in [0.2, 0.25) is 5.02 Å². The molecule has 2 heterocycles. The maximum absolute atomic E-state index is 11.1. The molecule has 0 saturated heterocycles. The number of amides is 1. The van der Waals surface area contributed by atoms with Crippen molar-refractivity contribution in [3.63, 3.8) is 0 Å². The number of anilines is 2. The topological polar surface area (TPSA) is 58.4 Å². The van der Waals surface area contributed by atoms with Crippen molar-refractivity contribution in [2.45, 2.75) is 20.4 Å². The van der Waals surface area contributed by atoms with Crippen LogP contribution >= 0.6 is 11.6 Å². The van der Waals surface area contributed by atoms with Gasteiger partial charge in [0.25, 0.3) is 0 Å². The zero-order valence-electron chi connectivity index (χ0n) is 12.9. The van der Waals surface area contributed by atoms with E-state index in [4.69, 9.17) is 11.6 Å². The van der Waals surface area contributed by atoms with E-state index in [1.54, 1.807) is 12.1 Å². The van der Waals surface area contributed by atoms with Crippen molar-refractivity contribution in [1.29, 1.82) is 0 Å². The van der Waals surface area contributed by atoms with Gasteiger partial charge in [0.15, 0.2) is 0 Å². The monoisotopic (exact) mass is 328 g/mol. The van der Waals surface area contributed by atoms with E-state index >= 15 is 0 Å². The quantitative estimate of drug-likeness (QED) is 0.764. The number of halogens is 1. The molecule has 0 bridgehead atoms. The summed E-state index contributed by atoms with van der Waals surface area (Å²) in [5, 5.41) is 6.60. The second-order valence-electron chi connectivity index (χ2n) is 5.36. The fraction of sp³-hybridized carbons (Fsp3) is 0.176. The number of carbonyl (C=O) groups is 1. The third-order valence-electron chi connectivity index (χ3n) is 3.49. The van der Waals surface area contributed by atoms with E-state index in [9.17, 15) is 4.79 Å². The number of aryl methyl sites for hydroxylation is 1. The van der Waals surface area contributed by atoms with E-state index in [0.717, 1.165) is 22.7 Å². The highest BCUT2D eigenvalue weighted by Crippen LogP contribution is 2.26. The van der Waals surface area contributed by atoms with Gasteiger partial charge in [-0.3, -0.25) is 4.79 Å². The summed E-state index contributed by atoms with van der Waals surface area (Å²) in [6, 6.07) is 11.3. The molecule has 3 rings (SSSR count). The molecule has 118 valence electrons. The zero-order chi connectivity index (χ0) is 16.4. The lowest BCUT2D eigenvalue weighted by Crippen LogP contribution is -2.07. The van der Waals surface area contributed by atoms with Crippen molar-refractivity contribution in [2.75, 3.05) is 10.6 Å². The molecule has 0 aliphatic heterocycles. The summed E-state index contributed by atoms with van der Waals surface area (Å²) in [5.41, 5.74) is 4.43. The first-order chi connectivity index (χ1) is 11.0. The Morgan fingerprint density at radius 1 is 1.30 bits per heavy atom. The Bertz CT molecular complexity index is 872. The van der Waals surface area contributed by atoms with E-state index in [2.05, 4.69) is 15.6 Å². The van der Waals surface area contributed by atoms with Gasteiger partial charge in [0.05, 0.1) is 22.9 Å². The fourth-order valence-electron chi connectivity index (χ4n) is 2.41. The molecule has 3 aromatic rings. The summed E-state index contributed by atoms with van der Waals surface area (Å²) in [6.45, 7) is 4.06. The average Bonchev–Trinajstić information content (AvgIpc) is 2.92. The Morgan fingerprint density at radius 3 is 2.87 bits per heavy atom. The highest BCUT2D eigenvalue weighted by molar-refractivity contribution is 6.33. The van der Waals surface area contributed by atoms with Crippen LogP contribution in [0.15, 0.2) is 42.6 Å². The summed E-state index contributed by atoms with van der Waals surface area (Å²) in [5.74, 6) is -0.117. The number of nitrogens with one attached hydrogen (secondary N) is 2. The maximum atomic E-state index is 11.1. The van der Waals surface area contributed by atoms with Crippen molar-refractivity contribution in [2.24, 2.45) is 0 Å². The fourth-order valence-corrected chi connectivity index (χ4v) is 2.60. The van der Waals surface area contributed by atoms with Gasteiger partial charge in [0, 0.05) is 24.5 Å². The molecule has 0 spiro atoms. The lowest BCUT2D eigenvalue weighted by atomic mass is 10.2. The number of nitrogens with zero attached hydrogens (tertiary/aromatic N) is 2. The molecule has 0 fully saturated rings. The molecule has 2 aromatic heterocycles. The van der Waals surface area contributed by atoms with Crippen LogP contribution in [0.3, 0.4) is 0 Å². The molecular weight excluding hydrogens is 312 g/mol. The predicted molar refractivity (Wildman–Crippen MR) is 93.0 cm³/mol. The van der Waals surface area contributed by atoms with Crippen molar-refractivity contribution < 1.29 is 4.79 Å². The summed E-state index contributed by atoms with van der Waals surface area (Å²) in [4.78, 5) is 15.7. The molecule has 0 aliphatic rings. The standard InChI is InChI=1S/C17H17ClN4O/c1-11-4-3-5-17-21-14(10-22(11)17)9-19-16-8-13(20-12(2)23)6-7-15(16)18/h3-8,10,19H,9H2,1-2H3,(H,20,23). The summed E-state index contributed by atoms with van der Waals surface area (Å²) in [7, 11) is 0. The van der Waals surface area contributed by atoms with E-state index in [-0.39, 0.29) is 5.91 Å². The highest BCUT2D eigenvalue weighted by Gasteiger charge is 2.06. The molecule has 1 aromatic carbocycles. The van der Waals surface area contributed by atoms with Crippen LogP contribution in [0.5, 0.6) is 0 Å². The Labute approximate surface area is 139 Å². The van der Waals surface area contributed by atoms with E-state index in [1.165, 1.54) is 6.92 Å². The first-order valence-corrected chi connectivity index (χ1v) is 7.65. The smallest absolute Gasteiger partial charge is 0.221 e. The van der Waals surface area contributed by atoms with Crippen LogP contribution in [-0.2, 0) is 11.3 Å². The molecule has 23 heavy (non-hydrogen) atoms. The van der Waals surface area contributed by atoms with Crippen LogP contribution in [0, 0.1) is 6.92 Å². The molecule has 1 amide bonds. The van der Waals surface area contributed by atoms with Crippen molar-refractivity contribution in [3.05, 3.63) is 59.0 Å². The summed E-state index contributed by atoms with van der Waals surface area (Å²) < 4.78 is 2.05. The molecule has 0 unspecified atom stereocenters. The number of aromatic nitrogens is 2. The minimum atomic E-state index is -0.117. The Hall–Kier alpha value is -2.53. The van der Waals surface area contributed by atoms with Crippen LogP contribution in [0.1, 0.15) is 18.3 Å². The molecule has 0 radical (unpaired) electrons. The van der Waals surface area contributed by atoms with Gasteiger partial charge in [0.1, 0.15) is 5.65 Å². The molecule has 0 atom stereocenters. The largest absolute Gasteiger partial charge is 0.378 e. The lowest BCUT2D eigenvalue weighted by Gasteiger charge is -2.09. The SMILES string of the molecule is CC(=O)Nc1ccc(Cl)c(NCc2cn3c(C)cccc3n2)c1. The predicted octanol–water partition coefficient (Wildman–Crippen LogP) is 3.87. The minimum Gasteiger partial charge on any atom is -0.378 e. The average molecular weight is 329 g/mol. The van der Waals surface area contributed by atoms with Crippen molar-refractivity contribution in [3.8, 4) is 0 Å². The lowest BCUT2D eigenvalue weighted by molar-refractivity contribution is -0.114. The van der Waals surface area contributed by atoms with Gasteiger partial charge in [-0.2, -0.15) is 0 Å². The number of carbonyl (C=O) groups excluding carboxylic acids is 1. The van der Waals surface area contributed by atoms with Gasteiger partial charge in [0.2, 0.25) is 5.91 Å². The number of fused-ring (bicyclic) bond motifs is 1. The second-order valence-corrected chi connectivity index (χ2v) is 5.76. The first kappa shape index (κ1) is 15.4. The van der Waals surface area contributed by atoms with Crippen molar-refractivity contribution >= 4 is 34.5 Å². The summed E-state index contributed by atoms with van der Waals surface area (Å²) in [6.07, 6.45) is 2.00. The molecular formula is C17H17ClN4O. The molecule has 6 heteroatoms. The van der Waals surface area contributed by atoms with Gasteiger partial charge < -0.3 is 15.0 Å². The van der Waals surface area contributed by atoms with E-state index < -0.39 is 0 Å². The maximum Gasteiger partial charge on any atom is 0.221 e. The van der Waals surface area contributed by atoms with Gasteiger partial charge >= 0.3 is 0 Å². The number of hydrogen-bond acceptors (Lipinski definition) is 3. The van der Waals surface area contributed by atoms with Crippen LogP contribution in [-0.4, -0.2) is 15.3 Å². The van der Waals surface area contributed by atoms with Gasteiger partial charge in [-0.25, -0.2) is 4.98 Å². The Balaban J connectivity index is 1.79. The second kappa shape index (κ2) is 6.30. The third-order valence-corrected chi connectivity index (χ3v) is 3.82. The molecule has 5 nitrogen and oxygen atoms in total. The third kappa shape index (κ3) is 3.46. The van der Waals surface area contributed by atoms with E-state index in [0.29, 0.717) is 17.3 Å². The van der Waals surface area contributed by atoms with Gasteiger partial charge in [-0.05, 0) is 37.3 Å². The molecule has 0 saturated carbocycles. The van der Waals surface area contributed by atoms with Gasteiger partial charge in [-0.15, -0.1) is 0 Å². The normalized spacial score (nSPS) is 10.7. The van der Waals surface area contributed by atoms with Crippen LogP contribution < -0.4 is 10.6 Å². The number of imidazole rings is 1. The number of benzene rings is 1. The zero-order valence-corrected chi connectivity index (χ0v) is 13.7. The number of pyridine rings is 1. The molecule has 2 N–H and O–H groups in total. The van der Waals surface area contributed by atoms with Crippen molar-refractivity contribution in [1.82, 2.24) is 9.38 Å². The Kier molecular flexibility index (Phi) is 4.21. The van der Waals surface area contributed by atoms with Crippen LogP contribution in [0.4, 0.5) is 11.4 Å². The highest BCUT2D eigenvalue weighted by atomic mass is 35.5. The molecule has 0 aliphatic carbocycles. The van der Waals surface area contributed by atoms with Crippen LogP contribution in [0.25, 0.3) is 5.65 Å². The Morgan fingerprint density at radius 2 is 2.13 bits per heavy atom. The number of hydrogen-bond donors (Lipinski definition) is 2. The summed E-state index contributed by atoms with van der Waals surface area (Å²) >= 11 is 6.20. The first-order valence-electron chi connectivity index (χ1n) is 7.27. The minimum absolute atomic E-state index is 0.117.